The van der Waals surface area contributed by atoms with E-state index in [1.165, 1.54) is 0 Å². The first-order chi connectivity index (χ1) is 16.7. The number of methoxy groups -OCH3 is 2. The average molecular weight is 453 g/mol. The highest BCUT2D eigenvalue weighted by atomic mass is 16.5. The topological polar surface area (TPSA) is 44.8 Å². The van der Waals surface area contributed by atoms with Gasteiger partial charge in [0.2, 0.25) is 0 Å². The second kappa shape index (κ2) is 11.3. The van der Waals surface area contributed by atoms with Gasteiger partial charge in [-0.2, -0.15) is 0 Å². The molecule has 0 aromatic heterocycles. The molecule has 4 heteroatoms. The Morgan fingerprint density at radius 1 is 0.706 bits per heavy atom. The molecule has 4 rings (SSSR count). The van der Waals surface area contributed by atoms with Crippen molar-refractivity contribution in [3.05, 3.63) is 131 Å². The lowest BCUT2D eigenvalue weighted by molar-refractivity contribution is 0.0127. The van der Waals surface area contributed by atoms with Crippen molar-refractivity contribution in [1.82, 2.24) is 0 Å². The van der Waals surface area contributed by atoms with Gasteiger partial charge in [-0.3, -0.25) is 4.79 Å². The zero-order valence-corrected chi connectivity index (χ0v) is 19.4. The highest BCUT2D eigenvalue weighted by Crippen LogP contribution is 2.32. The third kappa shape index (κ3) is 5.53. The molecule has 0 unspecified atom stereocenters. The van der Waals surface area contributed by atoms with E-state index in [0.29, 0.717) is 23.5 Å². The number of carbonyl (C=O) groups excluding carboxylic acids is 1. The molecule has 0 aliphatic carbocycles. The molecule has 0 radical (unpaired) electrons. The second-order valence-electron chi connectivity index (χ2n) is 7.95. The summed E-state index contributed by atoms with van der Waals surface area (Å²) < 4.78 is 17.6. The number of ketones is 1. The van der Waals surface area contributed by atoms with Gasteiger partial charge in [0.25, 0.3) is 0 Å². The standard InChI is InChI=1S/C30H28O4/c1-32-25-18-19-27(33-2)26(21-25)29(31)28(20-22-12-6-3-7-13-22)34-30(23-14-8-4-9-15-23)24-16-10-5-11-17-24/h3-19,21,28,30H,20H2,1-2H3/t28-/m0/s1. The van der Waals surface area contributed by atoms with E-state index >= 15 is 0 Å². The molecule has 1 atom stereocenters. The van der Waals surface area contributed by atoms with E-state index in [2.05, 4.69) is 0 Å². The summed E-state index contributed by atoms with van der Waals surface area (Å²) in [5.41, 5.74) is 3.42. The second-order valence-corrected chi connectivity index (χ2v) is 7.95. The quantitative estimate of drug-likeness (QED) is 0.265. The van der Waals surface area contributed by atoms with E-state index in [1.54, 1.807) is 32.4 Å². The fourth-order valence-electron chi connectivity index (χ4n) is 3.98. The normalized spacial score (nSPS) is 11.7. The summed E-state index contributed by atoms with van der Waals surface area (Å²) in [5, 5.41) is 0. The molecular formula is C30H28O4. The van der Waals surface area contributed by atoms with Crippen LogP contribution in [0.5, 0.6) is 11.5 Å². The van der Waals surface area contributed by atoms with Crippen LogP contribution in [0.4, 0.5) is 0 Å². The summed E-state index contributed by atoms with van der Waals surface area (Å²) in [5.74, 6) is 0.921. The molecule has 0 aliphatic heterocycles. The molecular weight excluding hydrogens is 424 g/mol. The van der Waals surface area contributed by atoms with Crippen LogP contribution in [0.3, 0.4) is 0 Å². The largest absolute Gasteiger partial charge is 0.497 e. The molecule has 0 saturated heterocycles. The maximum absolute atomic E-state index is 13.9. The van der Waals surface area contributed by atoms with Crippen molar-refractivity contribution < 1.29 is 19.0 Å². The Hall–Kier alpha value is -3.89. The predicted octanol–water partition coefficient (Wildman–Crippen LogP) is 6.30. The van der Waals surface area contributed by atoms with Crippen molar-refractivity contribution in [1.29, 1.82) is 0 Å². The fraction of sp³-hybridized carbons (Fsp3) is 0.167. The highest BCUT2D eigenvalue weighted by Gasteiger charge is 2.29. The number of Topliss-reactive ketones (excluding diaryl/α,β-unsaturated/α-hetero) is 1. The van der Waals surface area contributed by atoms with Crippen LogP contribution in [0.2, 0.25) is 0 Å². The molecule has 0 bridgehead atoms. The maximum atomic E-state index is 13.9. The summed E-state index contributed by atoms with van der Waals surface area (Å²) in [4.78, 5) is 13.9. The van der Waals surface area contributed by atoms with Crippen LogP contribution in [0.15, 0.2) is 109 Å². The Balaban J connectivity index is 1.76. The molecule has 0 amide bonds. The lowest BCUT2D eigenvalue weighted by Crippen LogP contribution is -2.29. The molecule has 0 heterocycles. The first-order valence-electron chi connectivity index (χ1n) is 11.2. The van der Waals surface area contributed by atoms with Gasteiger partial charge in [0.05, 0.1) is 19.8 Å². The van der Waals surface area contributed by atoms with E-state index in [9.17, 15) is 4.79 Å². The highest BCUT2D eigenvalue weighted by molar-refractivity contribution is 6.02. The summed E-state index contributed by atoms with van der Waals surface area (Å²) in [7, 11) is 3.14. The lowest BCUT2D eigenvalue weighted by atomic mass is 9.96. The molecule has 0 saturated carbocycles. The van der Waals surface area contributed by atoms with E-state index in [-0.39, 0.29) is 5.78 Å². The molecule has 4 nitrogen and oxygen atoms in total. The van der Waals surface area contributed by atoms with Crippen molar-refractivity contribution in [3.8, 4) is 11.5 Å². The first kappa shape index (κ1) is 23.3. The SMILES string of the molecule is COc1ccc(OC)c(C(=O)[C@H](Cc2ccccc2)OC(c2ccccc2)c2ccccc2)c1. The van der Waals surface area contributed by atoms with E-state index in [0.717, 1.165) is 16.7 Å². The minimum atomic E-state index is -0.742. The Morgan fingerprint density at radius 2 is 1.26 bits per heavy atom. The Bertz CT molecular complexity index is 1150. The molecule has 0 fully saturated rings. The van der Waals surface area contributed by atoms with Crippen molar-refractivity contribution in [2.24, 2.45) is 0 Å². The van der Waals surface area contributed by atoms with Gasteiger partial charge in [-0.05, 0) is 34.9 Å². The van der Waals surface area contributed by atoms with Crippen molar-refractivity contribution in [2.75, 3.05) is 14.2 Å². The van der Waals surface area contributed by atoms with Gasteiger partial charge >= 0.3 is 0 Å². The molecule has 0 N–H and O–H groups in total. The monoisotopic (exact) mass is 452 g/mol. The average Bonchev–Trinajstić information content (AvgIpc) is 2.91. The third-order valence-corrected chi connectivity index (χ3v) is 5.73. The number of ether oxygens (including phenoxy) is 3. The molecule has 0 spiro atoms. The first-order valence-corrected chi connectivity index (χ1v) is 11.2. The Labute approximate surface area is 200 Å². The molecule has 0 aliphatic rings. The summed E-state index contributed by atoms with van der Waals surface area (Å²) >= 11 is 0. The maximum Gasteiger partial charge on any atom is 0.195 e. The molecule has 172 valence electrons. The molecule has 4 aromatic carbocycles. The van der Waals surface area contributed by atoms with Crippen LogP contribution in [0.25, 0.3) is 0 Å². The van der Waals surface area contributed by atoms with Crippen LogP contribution >= 0.6 is 0 Å². The van der Waals surface area contributed by atoms with Crippen LogP contribution in [0, 0.1) is 0 Å². The van der Waals surface area contributed by atoms with Crippen LogP contribution in [0.1, 0.15) is 33.2 Å². The van der Waals surface area contributed by atoms with E-state index < -0.39 is 12.2 Å². The number of hydrogen-bond acceptors (Lipinski definition) is 4. The van der Waals surface area contributed by atoms with Gasteiger partial charge in [-0.1, -0.05) is 91.0 Å². The van der Waals surface area contributed by atoms with Crippen molar-refractivity contribution >= 4 is 5.78 Å². The van der Waals surface area contributed by atoms with Gasteiger partial charge < -0.3 is 14.2 Å². The van der Waals surface area contributed by atoms with Gasteiger partial charge in [0, 0.05) is 6.42 Å². The molecule has 34 heavy (non-hydrogen) atoms. The minimum Gasteiger partial charge on any atom is -0.497 e. The van der Waals surface area contributed by atoms with Gasteiger partial charge in [-0.25, -0.2) is 0 Å². The van der Waals surface area contributed by atoms with Gasteiger partial charge in [0.15, 0.2) is 5.78 Å². The number of rotatable bonds is 10. The van der Waals surface area contributed by atoms with E-state index in [4.69, 9.17) is 14.2 Å². The number of carbonyl (C=O) groups is 1. The Kier molecular flexibility index (Phi) is 7.74. The Morgan fingerprint density at radius 3 is 1.79 bits per heavy atom. The minimum absolute atomic E-state index is 0.156. The summed E-state index contributed by atoms with van der Waals surface area (Å²) in [6, 6.07) is 35.1. The van der Waals surface area contributed by atoms with Crippen LogP contribution in [-0.2, 0) is 11.2 Å². The summed E-state index contributed by atoms with van der Waals surface area (Å²) in [6.45, 7) is 0. The zero-order chi connectivity index (χ0) is 23.8. The summed E-state index contributed by atoms with van der Waals surface area (Å²) in [6.07, 6.45) is -0.721. The van der Waals surface area contributed by atoms with Gasteiger partial charge in [0.1, 0.15) is 23.7 Å². The third-order valence-electron chi connectivity index (χ3n) is 5.73. The van der Waals surface area contributed by atoms with Crippen molar-refractivity contribution in [2.45, 2.75) is 18.6 Å². The molecule has 4 aromatic rings. The van der Waals surface area contributed by atoms with Gasteiger partial charge in [-0.15, -0.1) is 0 Å². The number of benzene rings is 4. The van der Waals surface area contributed by atoms with Crippen LogP contribution < -0.4 is 9.47 Å². The smallest absolute Gasteiger partial charge is 0.195 e. The fourth-order valence-corrected chi connectivity index (χ4v) is 3.98. The lowest BCUT2D eigenvalue weighted by Gasteiger charge is -2.26. The van der Waals surface area contributed by atoms with Crippen LogP contribution in [-0.4, -0.2) is 26.1 Å². The zero-order valence-electron chi connectivity index (χ0n) is 19.4. The number of hydrogen-bond donors (Lipinski definition) is 0. The predicted molar refractivity (Wildman–Crippen MR) is 134 cm³/mol. The van der Waals surface area contributed by atoms with E-state index in [1.807, 2.05) is 91.0 Å². The van der Waals surface area contributed by atoms with Crippen molar-refractivity contribution in [3.63, 3.8) is 0 Å².